The highest BCUT2D eigenvalue weighted by atomic mass is 16.2. The molecular weight excluding hydrogens is 228 g/mol. The van der Waals surface area contributed by atoms with Crippen molar-refractivity contribution in [3.63, 3.8) is 0 Å². The summed E-state index contributed by atoms with van der Waals surface area (Å²) in [5.74, 6) is 0.567. The monoisotopic (exact) mass is 250 g/mol. The molecule has 1 unspecified atom stereocenters. The van der Waals surface area contributed by atoms with E-state index in [0.717, 1.165) is 25.7 Å². The van der Waals surface area contributed by atoms with Crippen molar-refractivity contribution in [3.05, 3.63) is 0 Å². The second kappa shape index (κ2) is 4.25. The molecule has 0 aromatic carbocycles. The maximum absolute atomic E-state index is 12.8. The van der Waals surface area contributed by atoms with E-state index in [0.29, 0.717) is 24.9 Å². The number of nitrogens with zero attached hydrogens (tertiary/aromatic N) is 1. The van der Waals surface area contributed by atoms with E-state index < -0.39 is 5.54 Å². The van der Waals surface area contributed by atoms with Gasteiger partial charge < -0.3 is 10.2 Å². The molecule has 2 aliphatic carbocycles. The van der Waals surface area contributed by atoms with Crippen LogP contribution in [0.2, 0.25) is 0 Å². The van der Waals surface area contributed by atoms with Gasteiger partial charge in [0.15, 0.2) is 0 Å². The molecule has 0 aromatic rings. The van der Waals surface area contributed by atoms with Crippen LogP contribution in [0.4, 0.5) is 0 Å². The smallest absolute Gasteiger partial charge is 0.248 e. The van der Waals surface area contributed by atoms with Crippen LogP contribution >= 0.6 is 0 Å². The fourth-order valence-corrected chi connectivity index (χ4v) is 3.53. The molecule has 2 amide bonds. The SMILES string of the molecule is CC1(C2CC2)NC(=O)CCN(C2CCCC2)C1=O. The summed E-state index contributed by atoms with van der Waals surface area (Å²) < 4.78 is 0. The maximum atomic E-state index is 12.8. The molecule has 1 aliphatic heterocycles. The van der Waals surface area contributed by atoms with Gasteiger partial charge in [-0.05, 0) is 38.5 Å². The number of carbonyl (C=O) groups excluding carboxylic acids is 2. The number of amides is 2. The summed E-state index contributed by atoms with van der Waals surface area (Å²) in [5, 5.41) is 2.99. The third-order valence-corrected chi connectivity index (χ3v) is 4.84. The Labute approximate surface area is 108 Å². The molecule has 0 radical (unpaired) electrons. The molecule has 1 saturated heterocycles. The lowest BCUT2D eigenvalue weighted by molar-refractivity contribution is -0.141. The maximum Gasteiger partial charge on any atom is 0.248 e. The zero-order valence-corrected chi connectivity index (χ0v) is 11.1. The lowest BCUT2D eigenvalue weighted by Gasteiger charge is -2.35. The molecule has 1 atom stereocenters. The largest absolute Gasteiger partial charge is 0.342 e. The van der Waals surface area contributed by atoms with Crippen LogP contribution in [0, 0.1) is 5.92 Å². The lowest BCUT2D eigenvalue weighted by atomic mass is 9.93. The van der Waals surface area contributed by atoms with Gasteiger partial charge in [0.1, 0.15) is 5.54 Å². The zero-order chi connectivity index (χ0) is 12.8. The van der Waals surface area contributed by atoms with Crippen molar-refractivity contribution in [1.29, 1.82) is 0 Å². The second-order valence-electron chi connectivity index (χ2n) is 6.21. The van der Waals surface area contributed by atoms with Crippen molar-refractivity contribution >= 4 is 11.8 Å². The number of rotatable bonds is 2. The molecule has 3 aliphatic rings. The minimum absolute atomic E-state index is 0.0400. The molecule has 1 heterocycles. The Morgan fingerprint density at radius 3 is 2.44 bits per heavy atom. The number of hydrogen-bond donors (Lipinski definition) is 1. The van der Waals surface area contributed by atoms with E-state index >= 15 is 0 Å². The van der Waals surface area contributed by atoms with Crippen LogP contribution in [-0.4, -0.2) is 34.8 Å². The second-order valence-corrected chi connectivity index (χ2v) is 6.21. The third-order valence-electron chi connectivity index (χ3n) is 4.84. The lowest BCUT2D eigenvalue weighted by Crippen LogP contribution is -2.58. The fourth-order valence-electron chi connectivity index (χ4n) is 3.53. The summed E-state index contributed by atoms with van der Waals surface area (Å²) in [6.45, 7) is 2.54. The highest BCUT2D eigenvalue weighted by Crippen LogP contribution is 2.42. The quantitative estimate of drug-likeness (QED) is 0.806. The van der Waals surface area contributed by atoms with Crippen molar-refractivity contribution < 1.29 is 9.59 Å². The fraction of sp³-hybridized carbons (Fsp3) is 0.857. The van der Waals surface area contributed by atoms with Gasteiger partial charge in [-0.15, -0.1) is 0 Å². The first-order chi connectivity index (χ1) is 8.61. The van der Waals surface area contributed by atoms with Gasteiger partial charge in [0.25, 0.3) is 0 Å². The summed E-state index contributed by atoms with van der Waals surface area (Å²) in [6.07, 6.45) is 7.26. The van der Waals surface area contributed by atoms with Crippen LogP contribution in [0.3, 0.4) is 0 Å². The summed E-state index contributed by atoms with van der Waals surface area (Å²) in [6, 6.07) is 0.378. The van der Waals surface area contributed by atoms with Crippen LogP contribution in [0.15, 0.2) is 0 Å². The highest BCUT2D eigenvalue weighted by Gasteiger charge is 2.52. The van der Waals surface area contributed by atoms with Gasteiger partial charge >= 0.3 is 0 Å². The average molecular weight is 250 g/mol. The van der Waals surface area contributed by atoms with Gasteiger partial charge in [-0.1, -0.05) is 12.8 Å². The summed E-state index contributed by atoms with van der Waals surface area (Å²) >= 11 is 0. The molecule has 4 heteroatoms. The Balaban J connectivity index is 1.85. The minimum atomic E-state index is -0.629. The molecule has 4 nitrogen and oxygen atoms in total. The minimum Gasteiger partial charge on any atom is -0.342 e. The van der Waals surface area contributed by atoms with Crippen LogP contribution < -0.4 is 5.32 Å². The van der Waals surface area contributed by atoms with Gasteiger partial charge in [-0.2, -0.15) is 0 Å². The Bertz CT molecular complexity index is 372. The highest BCUT2D eigenvalue weighted by molar-refractivity contribution is 5.94. The first kappa shape index (κ1) is 12.0. The number of hydrogen-bond acceptors (Lipinski definition) is 2. The first-order valence-corrected chi connectivity index (χ1v) is 7.23. The van der Waals surface area contributed by atoms with Crippen LogP contribution in [-0.2, 0) is 9.59 Å². The van der Waals surface area contributed by atoms with Crippen molar-refractivity contribution in [2.24, 2.45) is 5.92 Å². The van der Waals surface area contributed by atoms with E-state index in [9.17, 15) is 9.59 Å². The summed E-state index contributed by atoms with van der Waals surface area (Å²) in [5.41, 5.74) is -0.629. The Morgan fingerprint density at radius 1 is 1.17 bits per heavy atom. The summed E-state index contributed by atoms with van der Waals surface area (Å²) in [4.78, 5) is 26.6. The van der Waals surface area contributed by atoms with Gasteiger partial charge in [0, 0.05) is 19.0 Å². The van der Waals surface area contributed by atoms with E-state index in [-0.39, 0.29) is 11.8 Å². The van der Waals surface area contributed by atoms with Crippen molar-refractivity contribution in [3.8, 4) is 0 Å². The molecule has 18 heavy (non-hydrogen) atoms. The van der Waals surface area contributed by atoms with Crippen LogP contribution in [0.1, 0.15) is 51.9 Å². The van der Waals surface area contributed by atoms with E-state index in [2.05, 4.69) is 5.32 Å². The van der Waals surface area contributed by atoms with E-state index in [4.69, 9.17) is 0 Å². The van der Waals surface area contributed by atoms with E-state index in [1.54, 1.807) is 0 Å². The average Bonchev–Trinajstić information content (AvgIpc) is 3.08. The number of nitrogens with one attached hydrogen (secondary N) is 1. The Hall–Kier alpha value is -1.06. The van der Waals surface area contributed by atoms with Gasteiger partial charge in [0.2, 0.25) is 11.8 Å². The predicted octanol–water partition coefficient (Wildman–Crippen LogP) is 1.45. The van der Waals surface area contributed by atoms with Crippen LogP contribution in [0.25, 0.3) is 0 Å². The van der Waals surface area contributed by atoms with Crippen molar-refractivity contribution in [1.82, 2.24) is 10.2 Å². The van der Waals surface area contributed by atoms with Crippen molar-refractivity contribution in [2.75, 3.05) is 6.54 Å². The molecule has 0 aromatic heterocycles. The topological polar surface area (TPSA) is 49.4 Å². The molecule has 3 rings (SSSR count). The summed E-state index contributed by atoms with van der Waals surface area (Å²) in [7, 11) is 0. The van der Waals surface area contributed by atoms with Gasteiger partial charge in [0.05, 0.1) is 0 Å². The van der Waals surface area contributed by atoms with Gasteiger partial charge in [-0.25, -0.2) is 0 Å². The molecule has 2 saturated carbocycles. The first-order valence-electron chi connectivity index (χ1n) is 7.23. The normalized spacial score (nSPS) is 34.6. The molecule has 100 valence electrons. The zero-order valence-electron chi connectivity index (χ0n) is 11.1. The molecule has 3 fully saturated rings. The molecule has 0 spiro atoms. The Kier molecular flexibility index (Phi) is 2.83. The van der Waals surface area contributed by atoms with Gasteiger partial charge in [-0.3, -0.25) is 9.59 Å². The molecule has 1 N–H and O–H groups in total. The van der Waals surface area contributed by atoms with Crippen LogP contribution in [0.5, 0.6) is 0 Å². The molecular formula is C14H22N2O2. The van der Waals surface area contributed by atoms with E-state index in [1.165, 1.54) is 12.8 Å². The predicted molar refractivity (Wildman–Crippen MR) is 67.9 cm³/mol. The van der Waals surface area contributed by atoms with E-state index in [1.807, 2.05) is 11.8 Å². The number of carbonyl (C=O) groups is 2. The third kappa shape index (κ3) is 1.91. The Morgan fingerprint density at radius 2 is 1.83 bits per heavy atom. The van der Waals surface area contributed by atoms with Crippen molar-refractivity contribution in [2.45, 2.75) is 63.5 Å². The molecule has 0 bridgehead atoms. The standard InChI is InChI=1S/C14H22N2O2/c1-14(10-6-7-10)13(18)16(9-8-12(17)15-14)11-4-2-3-5-11/h10-11H,2-9H2,1H3,(H,15,17).